The van der Waals surface area contributed by atoms with Crippen molar-refractivity contribution in [2.75, 3.05) is 32.6 Å². The third-order valence-electron chi connectivity index (χ3n) is 3.18. The fourth-order valence-electron chi connectivity index (χ4n) is 1.90. The van der Waals surface area contributed by atoms with Gasteiger partial charge in [-0.05, 0) is 38.6 Å². The quantitative estimate of drug-likeness (QED) is 0.806. The van der Waals surface area contributed by atoms with Gasteiger partial charge < -0.3 is 15.0 Å². The van der Waals surface area contributed by atoms with Crippen LogP contribution in [-0.2, 0) is 9.53 Å². The molecule has 0 radical (unpaired) electrons. The molecule has 1 atom stereocenters. The van der Waals surface area contributed by atoms with Gasteiger partial charge in [0.2, 0.25) is 0 Å². The van der Waals surface area contributed by atoms with Crippen LogP contribution >= 0.6 is 0 Å². The Kier molecular flexibility index (Phi) is 4.73. The lowest BCUT2D eigenvalue weighted by atomic mass is 10.0. The second-order valence-electron chi connectivity index (χ2n) is 4.77. The monoisotopic (exact) mass is 250 g/mol. The molecule has 1 N–H and O–H groups in total. The average Bonchev–Trinajstić information content (AvgIpc) is 2.37. The molecule has 0 heterocycles. The van der Waals surface area contributed by atoms with Gasteiger partial charge in [-0.2, -0.15) is 0 Å². The predicted molar refractivity (Wildman–Crippen MR) is 73.9 cm³/mol. The summed E-state index contributed by atoms with van der Waals surface area (Å²) >= 11 is 0. The van der Waals surface area contributed by atoms with Gasteiger partial charge in [0.05, 0.1) is 7.11 Å². The fourth-order valence-corrected chi connectivity index (χ4v) is 1.90. The van der Waals surface area contributed by atoms with Gasteiger partial charge in [0.25, 0.3) is 0 Å². The van der Waals surface area contributed by atoms with Gasteiger partial charge in [-0.1, -0.05) is 12.1 Å². The van der Waals surface area contributed by atoms with Gasteiger partial charge in [0.15, 0.2) is 0 Å². The third kappa shape index (κ3) is 3.23. The van der Waals surface area contributed by atoms with Crippen molar-refractivity contribution in [3.8, 4) is 0 Å². The minimum absolute atomic E-state index is 0.260. The lowest BCUT2D eigenvalue weighted by molar-refractivity contribution is -0.147. The van der Waals surface area contributed by atoms with Crippen molar-refractivity contribution in [3.63, 3.8) is 0 Å². The molecule has 100 valence electrons. The molecule has 4 heteroatoms. The second-order valence-corrected chi connectivity index (χ2v) is 4.77. The summed E-state index contributed by atoms with van der Waals surface area (Å²) in [6.07, 6.45) is 0. The van der Waals surface area contributed by atoms with Crippen LogP contribution in [0.5, 0.6) is 0 Å². The number of benzene rings is 1. The first-order valence-electron chi connectivity index (χ1n) is 5.98. The molecule has 0 spiro atoms. The number of hydrogen-bond acceptors (Lipinski definition) is 4. The third-order valence-corrected chi connectivity index (χ3v) is 3.18. The van der Waals surface area contributed by atoms with Crippen molar-refractivity contribution < 1.29 is 9.53 Å². The number of anilines is 1. The number of methoxy groups -OCH3 is 1. The molecule has 0 amide bonds. The summed E-state index contributed by atoms with van der Waals surface area (Å²) in [5, 5.41) is 3.03. The topological polar surface area (TPSA) is 41.6 Å². The standard InChI is InChI=1S/C14H22N2O2/c1-11-7-6-8-12(9-11)16(4)10-14(2,15-3)13(17)18-5/h6-9,15H,10H2,1-5H3. The number of aryl methyl sites for hydroxylation is 1. The van der Waals surface area contributed by atoms with E-state index < -0.39 is 5.54 Å². The highest BCUT2D eigenvalue weighted by atomic mass is 16.5. The molecular formula is C14H22N2O2. The van der Waals surface area contributed by atoms with E-state index >= 15 is 0 Å². The molecule has 0 aliphatic heterocycles. The zero-order valence-electron chi connectivity index (χ0n) is 11.8. The number of nitrogens with zero attached hydrogens (tertiary/aromatic N) is 1. The lowest BCUT2D eigenvalue weighted by Crippen LogP contribution is -2.55. The van der Waals surface area contributed by atoms with E-state index in [9.17, 15) is 4.79 Å². The van der Waals surface area contributed by atoms with Gasteiger partial charge in [-0.25, -0.2) is 4.79 Å². The molecular weight excluding hydrogens is 228 g/mol. The van der Waals surface area contributed by atoms with E-state index in [0.717, 1.165) is 5.69 Å². The number of esters is 1. The summed E-state index contributed by atoms with van der Waals surface area (Å²) in [5.74, 6) is -0.260. The summed E-state index contributed by atoms with van der Waals surface area (Å²) in [6.45, 7) is 4.43. The summed E-state index contributed by atoms with van der Waals surface area (Å²) in [6, 6.07) is 8.18. The molecule has 0 fully saturated rings. The minimum atomic E-state index is -0.715. The van der Waals surface area contributed by atoms with E-state index in [1.165, 1.54) is 12.7 Å². The maximum absolute atomic E-state index is 11.8. The predicted octanol–water partition coefficient (Wildman–Crippen LogP) is 1.58. The molecule has 1 rings (SSSR count). The normalized spacial score (nSPS) is 13.8. The van der Waals surface area contributed by atoms with Crippen molar-refractivity contribution >= 4 is 11.7 Å². The molecule has 1 aromatic rings. The summed E-state index contributed by atoms with van der Waals surface area (Å²) < 4.78 is 4.84. The first kappa shape index (κ1) is 14.5. The van der Waals surface area contributed by atoms with Crippen LogP contribution in [0, 0.1) is 6.92 Å². The Morgan fingerprint density at radius 3 is 2.67 bits per heavy atom. The number of hydrogen-bond donors (Lipinski definition) is 1. The highest BCUT2D eigenvalue weighted by Crippen LogP contribution is 2.17. The number of nitrogens with one attached hydrogen (secondary N) is 1. The van der Waals surface area contributed by atoms with Crippen molar-refractivity contribution in [1.29, 1.82) is 0 Å². The zero-order valence-corrected chi connectivity index (χ0v) is 11.8. The maximum Gasteiger partial charge on any atom is 0.327 e. The van der Waals surface area contributed by atoms with Crippen molar-refractivity contribution in [2.45, 2.75) is 19.4 Å². The van der Waals surface area contributed by atoms with Crippen LogP contribution in [0.2, 0.25) is 0 Å². The Labute approximate surface area is 109 Å². The van der Waals surface area contributed by atoms with Crippen molar-refractivity contribution in [1.82, 2.24) is 5.32 Å². The molecule has 0 bridgehead atoms. The molecule has 1 aromatic carbocycles. The number of ether oxygens (including phenoxy) is 1. The highest BCUT2D eigenvalue weighted by molar-refractivity contribution is 5.81. The molecule has 0 aromatic heterocycles. The molecule has 0 saturated heterocycles. The summed E-state index contributed by atoms with van der Waals surface area (Å²) in [5.41, 5.74) is 1.57. The van der Waals surface area contributed by atoms with Gasteiger partial charge in [-0.3, -0.25) is 0 Å². The molecule has 1 unspecified atom stereocenters. The smallest absolute Gasteiger partial charge is 0.327 e. The van der Waals surface area contributed by atoms with Crippen LogP contribution < -0.4 is 10.2 Å². The Bertz CT molecular complexity index is 420. The maximum atomic E-state index is 11.8. The van der Waals surface area contributed by atoms with Crippen LogP contribution in [-0.4, -0.2) is 39.3 Å². The van der Waals surface area contributed by atoms with Gasteiger partial charge in [0.1, 0.15) is 5.54 Å². The Morgan fingerprint density at radius 1 is 1.50 bits per heavy atom. The van der Waals surface area contributed by atoms with Crippen LogP contribution in [0.3, 0.4) is 0 Å². The Morgan fingerprint density at radius 2 is 2.17 bits per heavy atom. The zero-order chi connectivity index (χ0) is 13.8. The van der Waals surface area contributed by atoms with Gasteiger partial charge in [-0.15, -0.1) is 0 Å². The highest BCUT2D eigenvalue weighted by Gasteiger charge is 2.34. The Balaban J connectivity index is 2.85. The second kappa shape index (κ2) is 5.87. The number of carbonyl (C=O) groups is 1. The fraction of sp³-hybridized carbons (Fsp3) is 0.500. The van der Waals surface area contributed by atoms with Crippen LogP contribution in [0.1, 0.15) is 12.5 Å². The molecule has 18 heavy (non-hydrogen) atoms. The summed E-state index contributed by atoms with van der Waals surface area (Å²) in [4.78, 5) is 13.8. The number of carbonyl (C=O) groups excluding carboxylic acids is 1. The van der Waals surface area contributed by atoms with E-state index in [1.54, 1.807) is 7.05 Å². The van der Waals surface area contributed by atoms with Gasteiger partial charge in [0, 0.05) is 19.3 Å². The molecule has 0 saturated carbocycles. The van der Waals surface area contributed by atoms with Crippen molar-refractivity contribution in [2.24, 2.45) is 0 Å². The molecule has 0 aliphatic rings. The van der Waals surface area contributed by atoms with Crippen LogP contribution in [0.15, 0.2) is 24.3 Å². The van der Waals surface area contributed by atoms with Gasteiger partial charge >= 0.3 is 5.97 Å². The molecule has 0 aliphatic carbocycles. The number of rotatable bonds is 5. The minimum Gasteiger partial charge on any atom is -0.468 e. The summed E-state index contributed by atoms with van der Waals surface area (Å²) in [7, 11) is 5.14. The van der Waals surface area contributed by atoms with Crippen LogP contribution in [0.25, 0.3) is 0 Å². The van der Waals surface area contributed by atoms with E-state index in [2.05, 4.69) is 24.4 Å². The molecule has 4 nitrogen and oxygen atoms in total. The first-order valence-corrected chi connectivity index (χ1v) is 5.98. The first-order chi connectivity index (χ1) is 8.42. The van der Waals surface area contributed by atoms with E-state index in [4.69, 9.17) is 4.74 Å². The van der Waals surface area contributed by atoms with E-state index in [0.29, 0.717) is 6.54 Å². The lowest BCUT2D eigenvalue weighted by Gasteiger charge is -2.32. The number of likely N-dealkylation sites (N-methyl/N-ethyl adjacent to an activating group) is 2. The van der Waals surface area contributed by atoms with Crippen LogP contribution in [0.4, 0.5) is 5.69 Å². The Hall–Kier alpha value is -1.55. The largest absolute Gasteiger partial charge is 0.468 e. The van der Waals surface area contributed by atoms with E-state index in [-0.39, 0.29) is 5.97 Å². The average molecular weight is 250 g/mol. The van der Waals surface area contributed by atoms with E-state index in [1.807, 2.05) is 31.0 Å². The SMILES string of the molecule is CNC(C)(CN(C)c1cccc(C)c1)C(=O)OC. The van der Waals surface area contributed by atoms with Crippen molar-refractivity contribution in [3.05, 3.63) is 29.8 Å².